The van der Waals surface area contributed by atoms with Crippen molar-refractivity contribution in [2.24, 2.45) is 0 Å². The van der Waals surface area contributed by atoms with E-state index in [9.17, 15) is 0 Å². The number of rotatable bonds is 4. The third-order valence-electron chi connectivity index (χ3n) is 3.48. The van der Waals surface area contributed by atoms with Crippen molar-refractivity contribution in [2.75, 3.05) is 26.8 Å². The van der Waals surface area contributed by atoms with Crippen molar-refractivity contribution in [3.63, 3.8) is 0 Å². The van der Waals surface area contributed by atoms with Gasteiger partial charge in [0.1, 0.15) is 0 Å². The first kappa shape index (κ1) is 12.5. The molecule has 1 aromatic rings. The minimum Gasteiger partial charge on any atom is -0.381 e. The molecule has 1 aromatic heterocycles. The Balaban J connectivity index is 2.23. The lowest BCUT2D eigenvalue weighted by Crippen LogP contribution is -2.20. The van der Waals surface area contributed by atoms with Crippen molar-refractivity contribution in [1.82, 2.24) is 9.88 Å². The van der Waals surface area contributed by atoms with Crippen LogP contribution in [0.5, 0.6) is 0 Å². The molecule has 1 fully saturated rings. The van der Waals surface area contributed by atoms with Gasteiger partial charge in [0.05, 0.1) is 12.3 Å². The van der Waals surface area contributed by atoms with E-state index in [0.717, 1.165) is 38.4 Å². The van der Waals surface area contributed by atoms with E-state index in [4.69, 9.17) is 9.72 Å². The molecule has 0 amide bonds. The number of ether oxygens (including phenoxy) is 1. The lowest BCUT2D eigenvalue weighted by Gasteiger charge is -2.19. The molecule has 0 aliphatic carbocycles. The van der Waals surface area contributed by atoms with Gasteiger partial charge in [-0.05, 0) is 38.6 Å². The highest BCUT2D eigenvalue weighted by Gasteiger charge is 2.21. The van der Waals surface area contributed by atoms with Gasteiger partial charge in [0, 0.05) is 24.8 Å². The van der Waals surface area contributed by atoms with Crippen molar-refractivity contribution in [3.05, 3.63) is 29.1 Å². The topological polar surface area (TPSA) is 25.4 Å². The quantitative estimate of drug-likeness (QED) is 0.799. The Morgan fingerprint density at radius 3 is 2.94 bits per heavy atom. The lowest BCUT2D eigenvalue weighted by atomic mass is 9.96. The van der Waals surface area contributed by atoms with Gasteiger partial charge in [0.2, 0.25) is 0 Å². The van der Waals surface area contributed by atoms with E-state index in [1.54, 1.807) is 0 Å². The molecular weight excluding hydrogens is 212 g/mol. The lowest BCUT2D eigenvalue weighted by molar-refractivity contribution is 0.193. The second-order valence-electron chi connectivity index (χ2n) is 4.88. The molecule has 3 nitrogen and oxygen atoms in total. The zero-order valence-corrected chi connectivity index (χ0v) is 11.1. The number of hydrogen-bond acceptors (Lipinski definition) is 3. The average molecular weight is 234 g/mol. The highest BCUT2D eigenvalue weighted by molar-refractivity contribution is 5.27. The summed E-state index contributed by atoms with van der Waals surface area (Å²) in [5.74, 6) is 0.545. The van der Waals surface area contributed by atoms with E-state index in [1.165, 1.54) is 11.3 Å². The Morgan fingerprint density at radius 1 is 1.47 bits per heavy atom. The normalized spacial score (nSPS) is 20.1. The fraction of sp³-hybridized carbons (Fsp3) is 0.643. The molecule has 0 bridgehead atoms. The van der Waals surface area contributed by atoms with Crippen LogP contribution in [0, 0.1) is 6.92 Å². The highest BCUT2D eigenvalue weighted by Crippen LogP contribution is 2.27. The molecule has 3 heteroatoms. The maximum atomic E-state index is 5.49. The van der Waals surface area contributed by atoms with Gasteiger partial charge in [-0.2, -0.15) is 0 Å². The molecule has 0 N–H and O–H groups in total. The third kappa shape index (κ3) is 3.05. The monoisotopic (exact) mass is 234 g/mol. The molecule has 1 aliphatic heterocycles. The van der Waals surface area contributed by atoms with E-state index in [1.807, 2.05) is 0 Å². The van der Waals surface area contributed by atoms with Gasteiger partial charge in [-0.25, -0.2) is 0 Å². The molecule has 94 valence electrons. The first-order valence-corrected chi connectivity index (χ1v) is 6.43. The first-order chi connectivity index (χ1) is 8.20. The maximum Gasteiger partial charge on any atom is 0.0582 e. The van der Waals surface area contributed by atoms with Crippen LogP contribution in [0.15, 0.2) is 12.1 Å². The Labute approximate surface area is 104 Å². The van der Waals surface area contributed by atoms with Gasteiger partial charge >= 0.3 is 0 Å². The molecule has 0 saturated carbocycles. The Hall–Kier alpha value is -0.930. The van der Waals surface area contributed by atoms with Gasteiger partial charge in [0.15, 0.2) is 0 Å². The van der Waals surface area contributed by atoms with E-state index < -0.39 is 0 Å². The van der Waals surface area contributed by atoms with Crippen molar-refractivity contribution in [3.8, 4) is 0 Å². The fourth-order valence-electron chi connectivity index (χ4n) is 2.27. The van der Waals surface area contributed by atoms with Gasteiger partial charge < -0.3 is 9.64 Å². The number of aryl methyl sites for hydroxylation is 1. The van der Waals surface area contributed by atoms with Crippen LogP contribution < -0.4 is 0 Å². The van der Waals surface area contributed by atoms with E-state index >= 15 is 0 Å². The molecule has 0 unspecified atom stereocenters. The summed E-state index contributed by atoms with van der Waals surface area (Å²) in [7, 11) is 2.14. The summed E-state index contributed by atoms with van der Waals surface area (Å²) in [4.78, 5) is 7.00. The van der Waals surface area contributed by atoms with E-state index in [2.05, 4.69) is 37.9 Å². The molecule has 0 radical (unpaired) electrons. The van der Waals surface area contributed by atoms with Crippen LogP contribution in [0.2, 0.25) is 0 Å². The average Bonchev–Trinajstić information content (AvgIpc) is 2.82. The molecule has 1 saturated heterocycles. The van der Waals surface area contributed by atoms with Gasteiger partial charge in [0.25, 0.3) is 0 Å². The summed E-state index contributed by atoms with van der Waals surface area (Å²) in [6.07, 6.45) is 1.13. The summed E-state index contributed by atoms with van der Waals surface area (Å²) in [6, 6.07) is 4.35. The second kappa shape index (κ2) is 5.61. The Morgan fingerprint density at radius 2 is 2.29 bits per heavy atom. The minimum atomic E-state index is 0.545. The van der Waals surface area contributed by atoms with Crippen molar-refractivity contribution >= 4 is 0 Å². The molecule has 1 aliphatic rings. The standard InChI is InChI=1S/C14H22N2O/c1-4-16(3)9-14-13(6-5-11(2)15-14)12-7-8-17-10-12/h5-6,12H,4,7-10H2,1-3H3/t12-/m1/s1. The van der Waals surface area contributed by atoms with Crippen LogP contribution in [0.3, 0.4) is 0 Å². The largest absolute Gasteiger partial charge is 0.381 e. The van der Waals surface area contributed by atoms with Crippen LogP contribution in [-0.2, 0) is 11.3 Å². The summed E-state index contributed by atoms with van der Waals surface area (Å²) in [5.41, 5.74) is 3.71. The SMILES string of the molecule is CCN(C)Cc1nc(C)ccc1[C@@H]1CCOC1. The molecule has 2 heterocycles. The van der Waals surface area contributed by atoms with E-state index in [0.29, 0.717) is 5.92 Å². The molecule has 17 heavy (non-hydrogen) atoms. The van der Waals surface area contributed by atoms with Gasteiger partial charge in [-0.3, -0.25) is 4.98 Å². The summed E-state index contributed by atoms with van der Waals surface area (Å²) < 4.78 is 5.49. The molecular formula is C14H22N2O. The van der Waals surface area contributed by atoms with Crippen molar-refractivity contribution < 1.29 is 4.74 Å². The highest BCUT2D eigenvalue weighted by atomic mass is 16.5. The van der Waals surface area contributed by atoms with Crippen LogP contribution in [0.25, 0.3) is 0 Å². The van der Waals surface area contributed by atoms with Crippen LogP contribution in [-0.4, -0.2) is 36.7 Å². The minimum absolute atomic E-state index is 0.545. The Bertz CT molecular complexity index is 372. The van der Waals surface area contributed by atoms with Crippen LogP contribution in [0.1, 0.15) is 36.2 Å². The Kier molecular flexibility index (Phi) is 4.13. The van der Waals surface area contributed by atoms with E-state index in [-0.39, 0.29) is 0 Å². The van der Waals surface area contributed by atoms with Gasteiger partial charge in [-0.1, -0.05) is 13.0 Å². The predicted molar refractivity (Wildman–Crippen MR) is 69.2 cm³/mol. The molecule has 0 spiro atoms. The van der Waals surface area contributed by atoms with Gasteiger partial charge in [-0.15, -0.1) is 0 Å². The number of nitrogens with zero attached hydrogens (tertiary/aromatic N) is 2. The molecule has 0 aromatic carbocycles. The number of hydrogen-bond donors (Lipinski definition) is 0. The summed E-state index contributed by atoms with van der Waals surface area (Å²) >= 11 is 0. The molecule has 1 atom stereocenters. The zero-order chi connectivity index (χ0) is 12.3. The first-order valence-electron chi connectivity index (χ1n) is 6.43. The van der Waals surface area contributed by atoms with Crippen LogP contribution in [0.4, 0.5) is 0 Å². The fourth-order valence-corrected chi connectivity index (χ4v) is 2.27. The zero-order valence-electron chi connectivity index (χ0n) is 11.1. The maximum absolute atomic E-state index is 5.49. The van der Waals surface area contributed by atoms with Crippen molar-refractivity contribution in [2.45, 2.75) is 32.7 Å². The van der Waals surface area contributed by atoms with Crippen LogP contribution >= 0.6 is 0 Å². The third-order valence-corrected chi connectivity index (χ3v) is 3.48. The second-order valence-corrected chi connectivity index (χ2v) is 4.88. The smallest absolute Gasteiger partial charge is 0.0582 e. The summed E-state index contributed by atoms with van der Waals surface area (Å²) in [6.45, 7) is 7.97. The number of pyridine rings is 1. The summed E-state index contributed by atoms with van der Waals surface area (Å²) in [5, 5.41) is 0. The number of aromatic nitrogens is 1. The van der Waals surface area contributed by atoms with Crippen molar-refractivity contribution in [1.29, 1.82) is 0 Å². The predicted octanol–water partition coefficient (Wildman–Crippen LogP) is 2.35. The molecule has 2 rings (SSSR count).